The summed E-state index contributed by atoms with van der Waals surface area (Å²) in [7, 11) is 0. The summed E-state index contributed by atoms with van der Waals surface area (Å²) in [6.45, 7) is 3.44. The van der Waals surface area contributed by atoms with Crippen LogP contribution in [0.3, 0.4) is 0 Å². The predicted octanol–water partition coefficient (Wildman–Crippen LogP) is 4.98. The second-order valence-electron chi connectivity index (χ2n) is 6.81. The van der Waals surface area contributed by atoms with Crippen molar-refractivity contribution >= 4 is 0 Å². The lowest BCUT2D eigenvalue weighted by atomic mass is 9.78. The van der Waals surface area contributed by atoms with Crippen molar-refractivity contribution in [2.45, 2.75) is 76.2 Å². The van der Waals surface area contributed by atoms with Crippen molar-refractivity contribution in [3.05, 3.63) is 35.4 Å². The van der Waals surface area contributed by atoms with E-state index in [1.807, 2.05) is 0 Å². The van der Waals surface area contributed by atoms with Crippen LogP contribution in [0.2, 0.25) is 0 Å². The van der Waals surface area contributed by atoms with E-state index in [-0.39, 0.29) is 0 Å². The quantitative estimate of drug-likeness (QED) is 0.796. The average Bonchev–Trinajstić information content (AvgIpc) is 2.44. The van der Waals surface area contributed by atoms with Crippen LogP contribution < -0.4 is 5.32 Å². The molecule has 2 fully saturated rings. The third kappa shape index (κ3) is 3.25. The van der Waals surface area contributed by atoms with Crippen LogP contribution in [0.15, 0.2) is 24.3 Å². The normalized spacial score (nSPS) is 27.2. The molecule has 0 spiro atoms. The molecule has 0 aromatic heterocycles. The lowest BCUT2D eigenvalue weighted by Crippen LogP contribution is -2.34. The predicted molar refractivity (Wildman–Crippen MR) is 86.3 cm³/mol. The molecule has 0 radical (unpaired) electrons. The Hall–Kier alpha value is -0.820. The SMILES string of the molecule is CCCNC1CCCC(c2ccc(C3CCC3)cc2)C1. The molecule has 20 heavy (non-hydrogen) atoms. The van der Waals surface area contributed by atoms with Gasteiger partial charge in [0.15, 0.2) is 0 Å². The van der Waals surface area contributed by atoms with Gasteiger partial charge in [0.2, 0.25) is 0 Å². The van der Waals surface area contributed by atoms with Crippen LogP contribution >= 0.6 is 0 Å². The van der Waals surface area contributed by atoms with Gasteiger partial charge in [-0.1, -0.05) is 44.0 Å². The van der Waals surface area contributed by atoms with Crippen molar-refractivity contribution < 1.29 is 0 Å². The first-order valence-corrected chi connectivity index (χ1v) is 8.70. The molecule has 0 amide bonds. The highest BCUT2D eigenvalue weighted by atomic mass is 14.9. The van der Waals surface area contributed by atoms with Gasteiger partial charge in [-0.2, -0.15) is 0 Å². The van der Waals surface area contributed by atoms with Crippen LogP contribution in [-0.4, -0.2) is 12.6 Å². The first-order chi connectivity index (χ1) is 9.86. The van der Waals surface area contributed by atoms with E-state index in [0.717, 1.165) is 17.9 Å². The molecule has 110 valence electrons. The Kier molecular flexibility index (Phi) is 4.77. The highest BCUT2D eigenvalue weighted by molar-refractivity contribution is 5.29. The van der Waals surface area contributed by atoms with Gasteiger partial charge in [0.05, 0.1) is 0 Å². The standard InChI is InChI=1S/C19H29N/c1-2-13-20-19-8-4-7-18(14-19)17-11-9-16(10-12-17)15-5-3-6-15/h9-12,15,18-20H,2-8,13-14H2,1H3. The Morgan fingerprint density at radius 2 is 1.50 bits per heavy atom. The third-order valence-corrected chi connectivity index (χ3v) is 5.34. The molecule has 0 heterocycles. The van der Waals surface area contributed by atoms with Gasteiger partial charge in [0, 0.05) is 6.04 Å². The summed E-state index contributed by atoms with van der Waals surface area (Å²) in [5.74, 6) is 1.66. The van der Waals surface area contributed by atoms with Crippen LogP contribution in [0, 0.1) is 0 Å². The van der Waals surface area contributed by atoms with Crippen LogP contribution in [0.1, 0.15) is 81.3 Å². The highest BCUT2D eigenvalue weighted by Gasteiger charge is 2.23. The van der Waals surface area contributed by atoms with E-state index < -0.39 is 0 Å². The zero-order valence-corrected chi connectivity index (χ0v) is 12.9. The largest absolute Gasteiger partial charge is 0.314 e. The first kappa shape index (κ1) is 14.1. The topological polar surface area (TPSA) is 12.0 Å². The minimum atomic E-state index is 0.750. The van der Waals surface area contributed by atoms with E-state index in [1.165, 1.54) is 57.9 Å². The number of hydrogen-bond donors (Lipinski definition) is 1. The average molecular weight is 271 g/mol. The van der Waals surface area contributed by atoms with Gasteiger partial charge in [-0.25, -0.2) is 0 Å². The van der Waals surface area contributed by atoms with E-state index in [9.17, 15) is 0 Å². The molecule has 0 saturated heterocycles. The van der Waals surface area contributed by atoms with E-state index in [1.54, 1.807) is 11.1 Å². The van der Waals surface area contributed by atoms with Crippen LogP contribution in [-0.2, 0) is 0 Å². The molecular formula is C19H29N. The van der Waals surface area contributed by atoms with E-state index >= 15 is 0 Å². The van der Waals surface area contributed by atoms with E-state index in [4.69, 9.17) is 0 Å². The van der Waals surface area contributed by atoms with Gasteiger partial charge in [0.25, 0.3) is 0 Å². The lowest BCUT2D eigenvalue weighted by molar-refractivity contribution is 0.340. The fourth-order valence-corrected chi connectivity index (χ4v) is 3.81. The summed E-state index contributed by atoms with van der Waals surface area (Å²) in [4.78, 5) is 0. The van der Waals surface area contributed by atoms with Crippen molar-refractivity contribution in [2.24, 2.45) is 0 Å². The smallest absolute Gasteiger partial charge is 0.00728 e. The summed E-state index contributed by atoms with van der Waals surface area (Å²) in [5.41, 5.74) is 3.16. The van der Waals surface area contributed by atoms with E-state index in [2.05, 4.69) is 36.5 Å². The lowest BCUT2D eigenvalue weighted by Gasteiger charge is -2.31. The molecule has 1 aromatic rings. The Bertz CT molecular complexity index is 404. The van der Waals surface area contributed by atoms with Gasteiger partial charge in [-0.3, -0.25) is 0 Å². The Labute approximate surface area is 124 Å². The fourth-order valence-electron chi connectivity index (χ4n) is 3.81. The molecule has 2 aliphatic carbocycles. The number of rotatable bonds is 5. The molecule has 1 nitrogen and oxygen atoms in total. The molecule has 0 aliphatic heterocycles. The van der Waals surface area contributed by atoms with Gasteiger partial charge >= 0.3 is 0 Å². The second-order valence-corrected chi connectivity index (χ2v) is 6.81. The maximum absolute atomic E-state index is 3.72. The van der Waals surface area contributed by atoms with Crippen molar-refractivity contribution in [3.8, 4) is 0 Å². The summed E-state index contributed by atoms with van der Waals surface area (Å²) in [5, 5.41) is 3.72. The second kappa shape index (κ2) is 6.76. The van der Waals surface area contributed by atoms with Crippen molar-refractivity contribution in [3.63, 3.8) is 0 Å². The maximum atomic E-state index is 3.72. The van der Waals surface area contributed by atoms with Crippen LogP contribution in [0.5, 0.6) is 0 Å². The molecular weight excluding hydrogens is 242 g/mol. The molecule has 2 saturated carbocycles. The Balaban J connectivity index is 1.59. The monoisotopic (exact) mass is 271 g/mol. The molecule has 1 heteroatoms. The Morgan fingerprint density at radius 3 is 2.10 bits per heavy atom. The fraction of sp³-hybridized carbons (Fsp3) is 0.684. The minimum absolute atomic E-state index is 0.750. The first-order valence-electron chi connectivity index (χ1n) is 8.70. The van der Waals surface area contributed by atoms with Crippen LogP contribution in [0.4, 0.5) is 0 Å². The third-order valence-electron chi connectivity index (χ3n) is 5.34. The number of hydrogen-bond acceptors (Lipinski definition) is 1. The minimum Gasteiger partial charge on any atom is -0.314 e. The van der Waals surface area contributed by atoms with Gasteiger partial charge < -0.3 is 5.32 Å². The number of benzene rings is 1. The van der Waals surface area contributed by atoms with Gasteiger partial charge in [0.1, 0.15) is 0 Å². The molecule has 1 N–H and O–H groups in total. The van der Waals surface area contributed by atoms with Gasteiger partial charge in [-0.05, 0) is 68.0 Å². The molecule has 2 unspecified atom stereocenters. The zero-order chi connectivity index (χ0) is 13.8. The van der Waals surface area contributed by atoms with Crippen LogP contribution in [0.25, 0.3) is 0 Å². The summed E-state index contributed by atoms with van der Waals surface area (Å²) in [6, 6.07) is 10.4. The van der Waals surface area contributed by atoms with Crippen molar-refractivity contribution in [1.29, 1.82) is 0 Å². The molecule has 2 aliphatic rings. The van der Waals surface area contributed by atoms with E-state index in [0.29, 0.717) is 0 Å². The summed E-state index contributed by atoms with van der Waals surface area (Å²) < 4.78 is 0. The molecule has 0 bridgehead atoms. The van der Waals surface area contributed by atoms with Gasteiger partial charge in [-0.15, -0.1) is 0 Å². The van der Waals surface area contributed by atoms with Crippen molar-refractivity contribution in [1.82, 2.24) is 5.32 Å². The molecule has 2 atom stereocenters. The molecule has 1 aromatic carbocycles. The highest BCUT2D eigenvalue weighted by Crippen LogP contribution is 2.38. The summed E-state index contributed by atoms with van der Waals surface area (Å²) in [6.07, 6.45) is 11.0. The number of nitrogens with one attached hydrogen (secondary N) is 1. The molecule has 3 rings (SSSR count). The Morgan fingerprint density at radius 1 is 0.900 bits per heavy atom. The maximum Gasteiger partial charge on any atom is 0.00728 e. The summed E-state index contributed by atoms with van der Waals surface area (Å²) >= 11 is 0. The van der Waals surface area contributed by atoms with Crippen molar-refractivity contribution in [2.75, 3.05) is 6.54 Å². The zero-order valence-electron chi connectivity index (χ0n) is 12.9.